The van der Waals surface area contributed by atoms with Crippen molar-refractivity contribution in [3.05, 3.63) is 57.8 Å². The molecule has 1 unspecified atom stereocenters. The van der Waals surface area contributed by atoms with Gasteiger partial charge in [0.25, 0.3) is 0 Å². The van der Waals surface area contributed by atoms with Crippen LogP contribution in [0.3, 0.4) is 0 Å². The number of nitrogens with zero attached hydrogens (tertiary/aromatic N) is 1. The Morgan fingerprint density at radius 2 is 2.19 bits per heavy atom. The Labute approximate surface area is 120 Å². The summed E-state index contributed by atoms with van der Waals surface area (Å²) in [6.45, 7) is 2.01. The molecule has 7 heteroatoms. The summed E-state index contributed by atoms with van der Waals surface area (Å²) < 4.78 is 24.2. The summed E-state index contributed by atoms with van der Waals surface area (Å²) in [6, 6.07) is 6.97. The van der Waals surface area contributed by atoms with E-state index in [1.807, 2.05) is 0 Å². The zero-order valence-corrected chi connectivity index (χ0v) is 11.6. The molecule has 1 aromatic heterocycles. The monoisotopic (exact) mass is 294 g/mol. The van der Waals surface area contributed by atoms with Gasteiger partial charge in [0.1, 0.15) is 23.2 Å². The highest BCUT2D eigenvalue weighted by molar-refractivity contribution is 5.62. The van der Waals surface area contributed by atoms with E-state index in [4.69, 9.17) is 9.15 Å². The molecule has 0 aliphatic carbocycles. The number of benzene rings is 1. The number of rotatable bonds is 6. The van der Waals surface area contributed by atoms with Crippen LogP contribution in [0.2, 0.25) is 0 Å². The van der Waals surface area contributed by atoms with Gasteiger partial charge in [-0.3, -0.25) is 10.1 Å². The number of methoxy groups -OCH3 is 1. The molecule has 0 spiro atoms. The second kappa shape index (κ2) is 6.36. The number of nitro benzene ring substituents is 1. The zero-order valence-electron chi connectivity index (χ0n) is 11.6. The summed E-state index contributed by atoms with van der Waals surface area (Å²) >= 11 is 0. The van der Waals surface area contributed by atoms with Crippen molar-refractivity contribution in [1.29, 1.82) is 0 Å². The van der Waals surface area contributed by atoms with E-state index in [-0.39, 0.29) is 12.3 Å². The first-order chi connectivity index (χ1) is 10.0. The summed E-state index contributed by atoms with van der Waals surface area (Å²) in [5, 5.41) is 13.9. The minimum Gasteiger partial charge on any atom is -0.464 e. The van der Waals surface area contributed by atoms with E-state index in [2.05, 4.69) is 5.32 Å². The molecular formula is C14H15FN2O4. The van der Waals surface area contributed by atoms with E-state index in [0.717, 1.165) is 6.07 Å². The number of ether oxygens (including phenoxy) is 1. The smallest absolute Gasteiger partial charge is 0.327 e. The quantitative estimate of drug-likeness (QED) is 0.652. The van der Waals surface area contributed by atoms with Crippen LogP contribution in [-0.4, -0.2) is 18.6 Å². The summed E-state index contributed by atoms with van der Waals surface area (Å²) in [5.74, 6) is 0.381. The molecule has 0 radical (unpaired) electrons. The number of halogens is 1. The molecule has 112 valence electrons. The van der Waals surface area contributed by atoms with E-state index in [0.29, 0.717) is 11.5 Å². The molecular weight excluding hydrogens is 279 g/mol. The maximum atomic E-state index is 13.6. The molecule has 1 atom stereocenters. The first-order valence-electron chi connectivity index (χ1n) is 6.27. The highest BCUT2D eigenvalue weighted by atomic mass is 19.1. The van der Waals surface area contributed by atoms with Crippen molar-refractivity contribution in [3.8, 4) is 0 Å². The normalized spacial score (nSPS) is 12.1. The topological polar surface area (TPSA) is 77.5 Å². The van der Waals surface area contributed by atoms with Crippen LogP contribution in [0.15, 0.2) is 34.7 Å². The molecule has 0 saturated carbocycles. The Hall–Kier alpha value is -2.41. The standard InChI is InChI=1S/C14H15FN2O4/c1-9-6-7-13(21-9)12(8-20-2)16-11-5-3-4-10(15)14(11)17(18)19/h3-7,12,16H,8H2,1-2H3. The summed E-state index contributed by atoms with van der Waals surface area (Å²) in [5.41, 5.74) is -0.516. The summed E-state index contributed by atoms with van der Waals surface area (Å²) in [7, 11) is 1.50. The predicted octanol–water partition coefficient (Wildman–Crippen LogP) is 3.43. The molecule has 1 N–H and O–H groups in total. The molecule has 0 bridgehead atoms. The Balaban J connectivity index is 2.33. The SMILES string of the molecule is COCC(Nc1cccc(F)c1[N+](=O)[O-])c1ccc(C)o1. The summed E-state index contributed by atoms with van der Waals surface area (Å²) in [4.78, 5) is 10.2. The largest absolute Gasteiger partial charge is 0.464 e. The van der Waals surface area contributed by atoms with Crippen LogP contribution >= 0.6 is 0 Å². The average Bonchev–Trinajstić information content (AvgIpc) is 2.84. The van der Waals surface area contributed by atoms with Gasteiger partial charge in [-0.25, -0.2) is 0 Å². The molecule has 0 aliphatic rings. The lowest BCUT2D eigenvalue weighted by atomic mass is 10.2. The second-order valence-corrected chi connectivity index (χ2v) is 4.49. The Kier molecular flexibility index (Phi) is 4.54. The van der Waals surface area contributed by atoms with E-state index in [1.165, 1.54) is 19.2 Å². The second-order valence-electron chi connectivity index (χ2n) is 4.49. The highest BCUT2D eigenvalue weighted by Gasteiger charge is 2.23. The molecule has 21 heavy (non-hydrogen) atoms. The van der Waals surface area contributed by atoms with Crippen LogP contribution in [0.1, 0.15) is 17.6 Å². The van der Waals surface area contributed by atoms with Crippen LogP contribution in [0.25, 0.3) is 0 Å². The van der Waals surface area contributed by atoms with Gasteiger partial charge < -0.3 is 14.5 Å². The fraction of sp³-hybridized carbons (Fsp3) is 0.286. The van der Waals surface area contributed by atoms with Crippen LogP contribution in [-0.2, 0) is 4.74 Å². The third-order valence-corrected chi connectivity index (χ3v) is 2.94. The van der Waals surface area contributed by atoms with Gasteiger partial charge in [0.05, 0.1) is 11.5 Å². The van der Waals surface area contributed by atoms with Gasteiger partial charge in [0.15, 0.2) is 0 Å². The number of aryl methyl sites for hydroxylation is 1. The minimum atomic E-state index is -0.892. The molecule has 1 aromatic carbocycles. The van der Waals surface area contributed by atoms with Crippen LogP contribution < -0.4 is 5.32 Å². The number of hydrogen-bond acceptors (Lipinski definition) is 5. The van der Waals surface area contributed by atoms with Gasteiger partial charge >= 0.3 is 5.69 Å². The van der Waals surface area contributed by atoms with Gasteiger partial charge in [0.2, 0.25) is 5.82 Å². The lowest BCUT2D eigenvalue weighted by Crippen LogP contribution is -2.16. The van der Waals surface area contributed by atoms with Crippen molar-refractivity contribution in [2.45, 2.75) is 13.0 Å². The van der Waals surface area contributed by atoms with E-state index in [1.54, 1.807) is 19.1 Å². The van der Waals surface area contributed by atoms with Gasteiger partial charge in [-0.05, 0) is 31.2 Å². The molecule has 1 heterocycles. The molecule has 0 saturated heterocycles. The van der Waals surface area contributed by atoms with E-state index < -0.39 is 22.5 Å². The molecule has 0 aliphatic heterocycles. The number of anilines is 1. The number of para-hydroxylation sites is 1. The molecule has 0 amide bonds. The van der Waals surface area contributed by atoms with Crippen molar-refractivity contribution in [2.24, 2.45) is 0 Å². The summed E-state index contributed by atoms with van der Waals surface area (Å²) in [6.07, 6.45) is 0. The minimum absolute atomic E-state index is 0.0797. The van der Waals surface area contributed by atoms with Crippen molar-refractivity contribution in [2.75, 3.05) is 19.0 Å². The first kappa shape index (κ1) is 15.0. The van der Waals surface area contributed by atoms with Crippen molar-refractivity contribution in [3.63, 3.8) is 0 Å². The fourth-order valence-electron chi connectivity index (χ4n) is 2.01. The maximum Gasteiger partial charge on any atom is 0.327 e. The highest BCUT2D eigenvalue weighted by Crippen LogP contribution is 2.31. The number of hydrogen-bond donors (Lipinski definition) is 1. The molecule has 2 rings (SSSR count). The Morgan fingerprint density at radius 1 is 1.43 bits per heavy atom. The van der Waals surface area contributed by atoms with Gasteiger partial charge in [0, 0.05) is 7.11 Å². The maximum absolute atomic E-state index is 13.6. The van der Waals surface area contributed by atoms with Gasteiger partial charge in [-0.1, -0.05) is 6.07 Å². The van der Waals surface area contributed by atoms with E-state index >= 15 is 0 Å². The van der Waals surface area contributed by atoms with E-state index in [9.17, 15) is 14.5 Å². The number of nitro groups is 1. The van der Waals surface area contributed by atoms with Crippen LogP contribution in [0.5, 0.6) is 0 Å². The third kappa shape index (κ3) is 3.38. The predicted molar refractivity (Wildman–Crippen MR) is 74.7 cm³/mol. The molecule has 2 aromatic rings. The van der Waals surface area contributed by atoms with Crippen LogP contribution in [0.4, 0.5) is 15.8 Å². The first-order valence-corrected chi connectivity index (χ1v) is 6.27. The van der Waals surface area contributed by atoms with Crippen molar-refractivity contribution < 1.29 is 18.5 Å². The Morgan fingerprint density at radius 3 is 2.76 bits per heavy atom. The Bertz CT molecular complexity index is 642. The van der Waals surface area contributed by atoms with Crippen molar-refractivity contribution >= 4 is 11.4 Å². The van der Waals surface area contributed by atoms with Crippen LogP contribution in [0, 0.1) is 22.9 Å². The molecule has 6 nitrogen and oxygen atoms in total. The number of nitrogens with one attached hydrogen (secondary N) is 1. The third-order valence-electron chi connectivity index (χ3n) is 2.94. The zero-order chi connectivity index (χ0) is 15.4. The van der Waals surface area contributed by atoms with Crippen molar-refractivity contribution in [1.82, 2.24) is 0 Å². The fourth-order valence-corrected chi connectivity index (χ4v) is 2.01. The van der Waals surface area contributed by atoms with Gasteiger partial charge in [-0.2, -0.15) is 4.39 Å². The molecule has 0 fully saturated rings. The number of furan rings is 1. The average molecular weight is 294 g/mol. The lowest BCUT2D eigenvalue weighted by Gasteiger charge is -2.17. The lowest BCUT2D eigenvalue weighted by molar-refractivity contribution is -0.386. The van der Waals surface area contributed by atoms with Gasteiger partial charge in [-0.15, -0.1) is 0 Å².